The maximum absolute atomic E-state index is 12.7. The normalized spacial score (nSPS) is 15.8. The second kappa shape index (κ2) is 8.65. The molecule has 1 unspecified atom stereocenters. The van der Waals surface area contributed by atoms with E-state index >= 15 is 0 Å². The van der Waals surface area contributed by atoms with E-state index in [1.165, 1.54) is 5.56 Å². The predicted octanol–water partition coefficient (Wildman–Crippen LogP) is 4.23. The van der Waals surface area contributed by atoms with Gasteiger partial charge in [-0.1, -0.05) is 45.0 Å². The molecule has 1 fully saturated rings. The molecule has 3 rings (SSSR count). The zero-order valence-corrected chi connectivity index (χ0v) is 17.2. The summed E-state index contributed by atoms with van der Waals surface area (Å²) in [6.45, 7) is 11.3. The molecule has 0 radical (unpaired) electrons. The highest BCUT2D eigenvalue weighted by atomic mass is 16.5. The summed E-state index contributed by atoms with van der Waals surface area (Å²) in [5.74, 6) is 0.526. The Bertz CT molecular complexity index is 790. The fourth-order valence-electron chi connectivity index (χ4n) is 3.18. The molecule has 2 aromatic rings. The number of amides is 1. The predicted molar refractivity (Wildman–Crippen MR) is 113 cm³/mol. The van der Waals surface area contributed by atoms with Crippen LogP contribution in [0.2, 0.25) is 0 Å². The lowest BCUT2D eigenvalue weighted by Gasteiger charge is -2.30. The molecule has 5 heteroatoms. The molecule has 150 valence electrons. The number of ether oxygens (including phenoxy) is 2. The minimum Gasteiger partial charge on any atom is -0.481 e. The SMILES string of the molecule is CC(Oc1ccc(C(C)(C)C)cc1)C(=O)Nc1ccccc1N1CCOCC1. The molecule has 0 aliphatic carbocycles. The van der Waals surface area contributed by atoms with Crippen LogP contribution < -0.4 is 15.0 Å². The molecule has 28 heavy (non-hydrogen) atoms. The number of hydrogen-bond donors (Lipinski definition) is 1. The lowest BCUT2D eigenvalue weighted by Crippen LogP contribution is -2.37. The minimum absolute atomic E-state index is 0.0880. The van der Waals surface area contributed by atoms with Crippen LogP contribution in [-0.2, 0) is 14.9 Å². The second-order valence-corrected chi connectivity index (χ2v) is 8.14. The van der Waals surface area contributed by atoms with E-state index in [0.717, 1.165) is 24.5 Å². The molecule has 2 aromatic carbocycles. The van der Waals surface area contributed by atoms with Crippen LogP contribution in [0.3, 0.4) is 0 Å². The van der Waals surface area contributed by atoms with Gasteiger partial charge in [0.1, 0.15) is 5.75 Å². The number of nitrogens with one attached hydrogen (secondary N) is 1. The van der Waals surface area contributed by atoms with Gasteiger partial charge in [-0.3, -0.25) is 4.79 Å². The molecule has 1 N–H and O–H groups in total. The Kier molecular flexibility index (Phi) is 6.25. The molecule has 0 saturated carbocycles. The van der Waals surface area contributed by atoms with Gasteiger partial charge in [0.25, 0.3) is 5.91 Å². The van der Waals surface area contributed by atoms with Crippen LogP contribution >= 0.6 is 0 Å². The number of para-hydroxylation sites is 2. The number of morpholine rings is 1. The Morgan fingerprint density at radius 2 is 1.71 bits per heavy atom. The Morgan fingerprint density at radius 1 is 1.07 bits per heavy atom. The number of benzene rings is 2. The topological polar surface area (TPSA) is 50.8 Å². The van der Waals surface area contributed by atoms with E-state index in [1.54, 1.807) is 6.92 Å². The van der Waals surface area contributed by atoms with Crippen LogP contribution in [0.15, 0.2) is 48.5 Å². The van der Waals surface area contributed by atoms with E-state index in [0.29, 0.717) is 19.0 Å². The number of hydrogen-bond acceptors (Lipinski definition) is 4. The zero-order chi connectivity index (χ0) is 20.1. The Morgan fingerprint density at radius 3 is 2.36 bits per heavy atom. The third-order valence-corrected chi connectivity index (χ3v) is 4.92. The number of nitrogens with zero attached hydrogens (tertiary/aromatic N) is 1. The highest BCUT2D eigenvalue weighted by Crippen LogP contribution is 2.27. The first kappa shape index (κ1) is 20.2. The van der Waals surface area contributed by atoms with Gasteiger partial charge in [-0.2, -0.15) is 0 Å². The first-order valence-corrected chi connectivity index (χ1v) is 9.84. The molecule has 5 nitrogen and oxygen atoms in total. The van der Waals surface area contributed by atoms with Gasteiger partial charge in [-0.15, -0.1) is 0 Å². The molecule has 1 atom stereocenters. The van der Waals surface area contributed by atoms with E-state index in [9.17, 15) is 4.79 Å². The molecular weight excluding hydrogens is 352 g/mol. The van der Waals surface area contributed by atoms with Crippen molar-refractivity contribution in [3.63, 3.8) is 0 Å². The smallest absolute Gasteiger partial charge is 0.265 e. The quantitative estimate of drug-likeness (QED) is 0.841. The third-order valence-electron chi connectivity index (χ3n) is 4.92. The van der Waals surface area contributed by atoms with E-state index in [2.05, 4.69) is 31.0 Å². The van der Waals surface area contributed by atoms with Crippen molar-refractivity contribution in [1.29, 1.82) is 0 Å². The Balaban J connectivity index is 1.65. The van der Waals surface area contributed by atoms with E-state index in [-0.39, 0.29) is 11.3 Å². The van der Waals surface area contributed by atoms with Gasteiger partial charge in [-0.25, -0.2) is 0 Å². The summed E-state index contributed by atoms with van der Waals surface area (Å²) >= 11 is 0. The Labute approximate surface area is 167 Å². The average molecular weight is 383 g/mol. The van der Waals surface area contributed by atoms with Gasteiger partial charge in [0.15, 0.2) is 6.10 Å². The van der Waals surface area contributed by atoms with Crippen molar-refractivity contribution < 1.29 is 14.3 Å². The van der Waals surface area contributed by atoms with Gasteiger partial charge in [0, 0.05) is 13.1 Å². The van der Waals surface area contributed by atoms with Crippen molar-refractivity contribution in [1.82, 2.24) is 0 Å². The van der Waals surface area contributed by atoms with Crippen LogP contribution in [0.5, 0.6) is 5.75 Å². The summed E-state index contributed by atoms with van der Waals surface area (Å²) in [5, 5.41) is 3.02. The van der Waals surface area contributed by atoms with Crippen LogP contribution in [0.4, 0.5) is 11.4 Å². The van der Waals surface area contributed by atoms with Gasteiger partial charge in [0.2, 0.25) is 0 Å². The number of anilines is 2. The molecule has 1 saturated heterocycles. The minimum atomic E-state index is -0.599. The average Bonchev–Trinajstić information content (AvgIpc) is 2.69. The third kappa shape index (κ3) is 5.04. The van der Waals surface area contributed by atoms with Gasteiger partial charge in [0.05, 0.1) is 24.6 Å². The van der Waals surface area contributed by atoms with E-state index in [1.807, 2.05) is 48.5 Å². The van der Waals surface area contributed by atoms with E-state index in [4.69, 9.17) is 9.47 Å². The van der Waals surface area contributed by atoms with Crippen LogP contribution in [-0.4, -0.2) is 38.3 Å². The van der Waals surface area contributed by atoms with Crippen molar-refractivity contribution in [2.24, 2.45) is 0 Å². The molecule has 0 aromatic heterocycles. The summed E-state index contributed by atoms with van der Waals surface area (Å²) in [6, 6.07) is 15.8. The van der Waals surface area contributed by atoms with Gasteiger partial charge in [-0.05, 0) is 42.2 Å². The molecule has 1 aliphatic rings. The molecule has 1 heterocycles. The maximum Gasteiger partial charge on any atom is 0.265 e. The first-order valence-electron chi connectivity index (χ1n) is 9.84. The van der Waals surface area contributed by atoms with Crippen molar-refractivity contribution in [3.8, 4) is 5.75 Å². The fraction of sp³-hybridized carbons (Fsp3) is 0.435. The highest BCUT2D eigenvalue weighted by molar-refractivity contribution is 5.97. The summed E-state index contributed by atoms with van der Waals surface area (Å²) in [6.07, 6.45) is -0.599. The largest absolute Gasteiger partial charge is 0.481 e. The first-order chi connectivity index (χ1) is 13.3. The fourth-order valence-corrected chi connectivity index (χ4v) is 3.18. The zero-order valence-electron chi connectivity index (χ0n) is 17.2. The van der Waals surface area contributed by atoms with Crippen molar-refractivity contribution in [2.45, 2.75) is 39.2 Å². The Hall–Kier alpha value is -2.53. The molecular formula is C23H30N2O3. The van der Waals surface area contributed by atoms with E-state index < -0.39 is 6.10 Å². The summed E-state index contributed by atoms with van der Waals surface area (Å²) in [5.41, 5.74) is 3.13. The second-order valence-electron chi connectivity index (χ2n) is 8.14. The molecule has 0 bridgehead atoms. The molecule has 1 amide bonds. The summed E-state index contributed by atoms with van der Waals surface area (Å²) in [4.78, 5) is 14.9. The number of carbonyl (C=O) groups excluding carboxylic acids is 1. The number of carbonyl (C=O) groups is 1. The standard InChI is InChI=1S/C23H30N2O3/c1-17(28-19-11-9-18(10-12-19)23(2,3)4)22(26)24-20-7-5-6-8-21(20)25-13-15-27-16-14-25/h5-12,17H,13-16H2,1-4H3,(H,24,26). The maximum atomic E-state index is 12.7. The van der Waals surface area contributed by atoms with Crippen LogP contribution in [0.1, 0.15) is 33.3 Å². The van der Waals surface area contributed by atoms with Crippen LogP contribution in [0, 0.1) is 0 Å². The monoisotopic (exact) mass is 382 g/mol. The summed E-state index contributed by atoms with van der Waals surface area (Å²) in [7, 11) is 0. The van der Waals surface area contributed by atoms with Gasteiger partial charge >= 0.3 is 0 Å². The molecule has 1 aliphatic heterocycles. The van der Waals surface area contributed by atoms with Crippen molar-refractivity contribution in [3.05, 3.63) is 54.1 Å². The highest BCUT2D eigenvalue weighted by Gasteiger charge is 2.20. The lowest BCUT2D eigenvalue weighted by molar-refractivity contribution is -0.122. The van der Waals surface area contributed by atoms with Crippen molar-refractivity contribution in [2.75, 3.05) is 36.5 Å². The summed E-state index contributed by atoms with van der Waals surface area (Å²) < 4.78 is 11.3. The number of rotatable bonds is 5. The van der Waals surface area contributed by atoms with Crippen molar-refractivity contribution >= 4 is 17.3 Å². The van der Waals surface area contributed by atoms with Gasteiger partial charge < -0.3 is 19.7 Å². The molecule has 0 spiro atoms. The van der Waals surface area contributed by atoms with Crippen LogP contribution in [0.25, 0.3) is 0 Å². The lowest BCUT2D eigenvalue weighted by atomic mass is 9.87.